The van der Waals surface area contributed by atoms with E-state index in [4.69, 9.17) is 33.2 Å². The molecule has 0 bridgehead atoms. The van der Waals surface area contributed by atoms with Crippen LogP contribution in [0.4, 0.5) is 5.82 Å². The van der Waals surface area contributed by atoms with Crippen molar-refractivity contribution in [2.45, 2.75) is 0 Å². The summed E-state index contributed by atoms with van der Waals surface area (Å²) in [5.41, 5.74) is 0.191. The number of aromatic nitrogens is 2. The van der Waals surface area contributed by atoms with Gasteiger partial charge in [-0.2, -0.15) is 5.26 Å². The van der Waals surface area contributed by atoms with E-state index in [0.29, 0.717) is 32.1 Å². The normalized spacial score (nSPS) is 15.9. The lowest BCUT2D eigenvalue weighted by atomic mass is 10.3. The highest BCUT2D eigenvalue weighted by Gasteiger charge is 2.19. The number of rotatable bonds is 1. The van der Waals surface area contributed by atoms with Crippen LogP contribution in [-0.4, -0.2) is 36.3 Å². The second-order valence-electron chi connectivity index (χ2n) is 3.19. The van der Waals surface area contributed by atoms with Gasteiger partial charge in [-0.05, 0) is 0 Å². The van der Waals surface area contributed by atoms with Crippen LogP contribution >= 0.6 is 23.2 Å². The summed E-state index contributed by atoms with van der Waals surface area (Å²) < 4.78 is 5.22. The molecule has 0 spiro atoms. The van der Waals surface area contributed by atoms with Crippen LogP contribution in [0.5, 0.6) is 0 Å². The molecule has 7 heteroatoms. The molecule has 0 unspecified atom stereocenters. The van der Waals surface area contributed by atoms with E-state index in [9.17, 15) is 0 Å². The minimum atomic E-state index is 0.0511. The lowest BCUT2D eigenvalue weighted by molar-refractivity contribution is 0.122. The summed E-state index contributed by atoms with van der Waals surface area (Å²) in [7, 11) is 0. The molecule has 1 aliphatic rings. The zero-order valence-corrected chi connectivity index (χ0v) is 9.79. The van der Waals surface area contributed by atoms with Crippen molar-refractivity contribution in [2.75, 3.05) is 31.2 Å². The number of ether oxygens (including phenoxy) is 1. The van der Waals surface area contributed by atoms with Gasteiger partial charge in [0.05, 0.1) is 13.2 Å². The average molecular weight is 259 g/mol. The Morgan fingerprint density at radius 1 is 1.19 bits per heavy atom. The Balaban J connectivity index is 2.38. The summed E-state index contributed by atoms with van der Waals surface area (Å²) in [5, 5.41) is 9.12. The molecule has 1 saturated heterocycles. The summed E-state index contributed by atoms with van der Waals surface area (Å²) >= 11 is 11.5. The average Bonchev–Trinajstić information content (AvgIpc) is 2.33. The molecule has 0 saturated carbocycles. The summed E-state index contributed by atoms with van der Waals surface area (Å²) in [5.74, 6) is 0.472. The van der Waals surface area contributed by atoms with E-state index < -0.39 is 0 Å². The molecule has 1 aromatic heterocycles. The van der Waals surface area contributed by atoms with Crippen LogP contribution in [0.3, 0.4) is 0 Å². The first-order valence-corrected chi connectivity index (χ1v) is 5.44. The van der Waals surface area contributed by atoms with Gasteiger partial charge in [-0.15, -0.1) is 0 Å². The number of anilines is 1. The Morgan fingerprint density at radius 2 is 1.81 bits per heavy atom. The maximum atomic E-state index is 8.95. The number of hydrogen-bond acceptors (Lipinski definition) is 5. The highest BCUT2D eigenvalue weighted by molar-refractivity contribution is 6.40. The molecule has 2 heterocycles. The van der Waals surface area contributed by atoms with Crippen molar-refractivity contribution < 1.29 is 4.74 Å². The van der Waals surface area contributed by atoms with E-state index in [2.05, 4.69) is 9.97 Å². The van der Waals surface area contributed by atoms with Crippen molar-refractivity contribution >= 4 is 29.0 Å². The van der Waals surface area contributed by atoms with E-state index >= 15 is 0 Å². The van der Waals surface area contributed by atoms with Gasteiger partial charge >= 0.3 is 0 Å². The quantitative estimate of drug-likeness (QED) is 0.764. The molecule has 0 atom stereocenters. The topological polar surface area (TPSA) is 62.0 Å². The van der Waals surface area contributed by atoms with E-state index in [1.807, 2.05) is 11.0 Å². The standard InChI is InChI=1S/C9H8Cl2N4O/c10-7-8(11)14-9(6(5-12)13-7)15-1-3-16-4-2-15/h1-4H2. The van der Waals surface area contributed by atoms with E-state index in [1.54, 1.807) is 0 Å². The van der Waals surface area contributed by atoms with Gasteiger partial charge in [-0.1, -0.05) is 23.2 Å². The fourth-order valence-corrected chi connectivity index (χ4v) is 1.71. The molecule has 2 rings (SSSR count). The van der Waals surface area contributed by atoms with Crippen LogP contribution in [0, 0.1) is 11.3 Å². The minimum Gasteiger partial charge on any atom is -0.378 e. The Hall–Kier alpha value is -1.09. The molecule has 5 nitrogen and oxygen atoms in total. The molecule has 0 aromatic carbocycles. The molecule has 0 radical (unpaired) electrons. The first-order chi connectivity index (χ1) is 7.72. The van der Waals surface area contributed by atoms with Gasteiger partial charge < -0.3 is 9.64 Å². The second-order valence-corrected chi connectivity index (χ2v) is 3.90. The maximum absolute atomic E-state index is 8.95. The minimum absolute atomic E-state index is 0.0511. The van der Waals surface area contributed by atoms with Crippen LogP contribution in [-0.2, 0) is 4.74 Å². The lowest BCUT2D eigenvalue weighted by Crippen LogP contribution is -2.37. The summed E-state index contributed by atoms with van der Waals surface area (Å²) in [4.78, 5) is 9.89. The Kier molecular flexibility index (Phi) is 3.44. The van der Waals surface area contributed by atoms with Crippen molar-refractivity contribution in [3.05, 3.63) is 16.0 Å². The molecule has 0 amide bonds. The highest BCUT2D eigenvalue weighted by atomic mass is 35.5. The van der Waals surface area contributed by atoms with E-state index in [1.165, 1.54) is 0 Å². The summed E-state index contributed by atoms with van der Waals surface area (Å²) in [6.07, 6.45) is 0. The second kappa shape index (κ2) is 4.83. The van der Waals surface area contributed by atoms with Gasteiger partial charge in [-0.25, -0.2) is 9.97 Å². The van der Waals surface area contributed by atoms with Gasteiger partial charge in [-0.3, -0.25) is 0 Å². The molecule has 84 valence electrons. The number of nitrogens with zero attached hydrogens (tertiary/aromatic N) is 4. The van der Waals surface area contributed by atoms with Crippen molar-refractivity contribution in [1.29, 1.82) is 5.26 Å². The van der Waals surface area contributed by atoms with Gasteiger partial charge in [0.15, 0.2) is 21.8 Å². The zero-order chi connectivity index (χ0) is 11.5. The predicted molar refractivity (Wildman–Crippen MR) is 59.8 cm³/mol. The molecule has 1 aliphatic heterocycles. The molecular weight excluding hydrogens is 251 g/mol. The molecule has 1 aromatic rings. The largest absolute Gasteiger partial charge is 0.378 e. The lowest BCUT2D eigenvalue weighted by Gasteiger charge is -2.28. The monoisotopic (exact) mass is 258 g/mol. The van der Waals surface area contributed by atoms with Gasteiger partial charge in [0.1, 0.15) is 6.07 Å². The number of morpholine rings is 1. The molecule has 1 fully saturated rings. The number of nitriles is 1. The first-order valence-electron chi connectivity index (χ1n) is 4.68. The first kappa shape index (κ1) is 11.4. The van der Waals surface area contributed by atoms with E-state index in [0.717, 1.165) is 0 Å². The summed E-state index contributed by atoms with van der Waals surface area (Å²) in [6, 6.07) is 1.96. The predicted octanol–water partition coefficient (Wildman–Crippen LogP) is 1.49. The van der Waals surface area contributed by atoms with E-state index in [-0.39, 0.29) is 16.0 Å². The molecule has 0 aliphatic carbocycles. The van der Waals surface area contributed by atoms with Crippen LogP contribution in [0.25, 0.3) is 0 Å². The van der Waals surface area contributed by atoms with Crippen molar-refractivity contribution in [2.24, 2.45) is 0 Å². The molecule has 0 N–H and O–H groups in total. The Bertz CT molecular complexity index is 440. The molecular formula is C9H8Cl2N4O. The van der Waals surface area contributed by atoms with Gasteiger partial charge in [0, 0.05) is 13.1 Å². The maximum Gasteiger partial charge on any atom is 0.184 e. The Morgan fingerprint density at radius 3 is 2.44 bits per heavy atom. The smallest absolute Gasteiger partial charge is 0.184 e. The fraction of sp³-hybridized carbons (Fsp3) is 0.444. The van der Waals surface area contributed by atoms with Crippen LogP contribution in [0.15, 0.2) is 0 Å². The van der Waals surface area contributed by atoms with Crippen molar-refractivity contribution in [3.63, 3.8) is 0 Å². The number of halogens is 2. The van der Waals surface area contributed by atoms with Crippen LogP contribution < -0.4 is 4.90 Å². The van der Waals surface area contributed by atoms with Crippen molar-refractivity contribution in [3.8, 4) is 6.07 Å². The molecule has 16 heavy (non-hydrogen) atoms. The van der Waals surface area contributed by atoms with Crippen molar-refractivity contribution in [1.82, 2.24) is 9.97 Å². The van der Waals surface area contributed by atoms with Gasteiger partial charge in [0.25, 0.3) is 0 Å². The van der Waals surface area contributed by atoms with Gasteiger partial charge in [0.2, 0.25) is 0 Å². The fourth-order valence-electron chi connectivity index (χ4n) is 1.46. The SMILES string of the molecule is N#Cc1nc(Cl)c(Cl)nc1N1CCOCC1. The summed E-state index contributed by atoms with van der Waals surface area (Å²) in [6.45, 7) is 2.54. The third kappa shape index (κ3) is 2.19. The van der Waals surface area contributed by atoms with Crippen LogP contribution in [0.1, 0.15) is 5.69 Å². The number of hydrogen-bond donors (Lipinski definition) is 0. The Labute approximate surface area is 103 Å². The third-order valence-electron chi connectivity index (χ3n) is 2.21. The zero-order valence-electron chi connectivity index (χ0n) is 8.28. The van der Waals surface area contributed by atoms with Crippen LogP contribution in [0.2, 0.25) is 10.3 Å². The highest BCUT2D eigenvalue weighted by Crippen LogP contribution is 2.24. The third-order valence-corrected chi connectivity index (χ3v) is 2.84.